The molecule has 1 aromatic heterocycles. The fourth-order valence-corrected chi connectivity index (χ4v) is 2.30. The standard InChI is InChI=1S/C16H11F4N3O/c17-12-6-5-11(9-3-1-2-4-10(9)12)13-7-14(23-15(21)22-13)24-8-16(18,19)20/h1-7H,8H2,(H2,21,22,23). The summed E-state index contributed by atoms with van der Waals surface area (Å²) in [5, 5.41) is 0.919. The monoisotopic (exact) mass is 337 g/mol. The molecule has 2 N–H and O–H groups in total. The van der Waals surface area contributed by atoms with Crippen LogP contribution >= 0.6 is 0 Å². The summed E-state index contributed by atoms with van der Waals surface area (Å²) in [5.74, 6) is -0.953. The highest BCUT2D eigenvalue weighted by molar-refractivity contribution is 5.96. The van der Waals surface area contributed by atoms with Crippen molar-refractivity contribution in [1.82, 2.24) is 9.97 Å². The van der Waals surface area contributed by atoms with Crippen LogP contribution in [-0.4, -0.2) is 22.8 Å². The topological polar surface area (TPSA) is 61.0 Å². The van der Waals surface area contributed by atoms with Crippen molar-refractivity contribution < 1.29 is 22.3 Å². The molecular weight excluding hydrogens is 326 g/mol. The van der Waals surface area contributed by atoms with Gasteiger partial charge < -0.3 is 10.5 Å². The van der Waals surface area contributed by atoms with Gasteiger partial charge in [0.2, 0.25) is 11.8 Å². The lowest BCUT2D eigenvalue weighted by atomic mass is 10.0. The van der Waals surface area contributed by atoms with Gasteiger partial charge in [-0.1, -0.05) is 24.3 Å². The first-order valence-electron chi connectivity index (χ1n) is 6.85. The third-order valence-electron chi connectivity index (χ3n) is 3.25. The van der Waals surface area contributed by atoms with E-state index in [2.05, 4.69) is 14.7 Å². The molecular formula is C16H11F4N3O. The Kier molecular flexibility index (Phi) is 3.96. The first kappa shape index (κ1) is 16.0. The molecule has 24 heavy (non-hydrogen) atoms. The molecule has 4 nitrogen and oxygen atoms in total. The number of benzene rings is 2. The molecule has 0 radical (unpaired) electrons. The summed E-state index contributed by atoms with van der Waals surface area (Å²) < 4.78 is 55.3. The van der Waals surface area contributed by atoms with Crippen LogP contribution in [0.15, 0.2) is 42.5 Å². The van der Waals surface area contributed by atoms with E-state index in [0.29, 0.717) is 16.3 Å². The lowest BCUT2D eigenvalue weighted by Crippen LogP contribution is -2.20. The number of hydrogen-bond donors (Lipinski definition) is 1. The summed E-state index contributed by atoms with van der Waals surface area (Å²) in [6.07, 6.45) is -4.50. The van der Waals surface area contributed by atoms with Gasteiger partial charge in [-0.3, -0.25) is 0 Å². The number of halogens is 4. The highest BCUT2D eigenvalue weighted by Crippen LogP contribution is 2.31. The van der Waals surface area contributed by atoms with Gasteiger partial charge in [0.1, 0.15) is 5.82 Å². The van der Waals surface area contributed by atoms with E-state index >= 15 is 0 Å². The number of fused-ring (bicyclic) bond motifs is 1. The molecule has 0 unspecified atom stereocenters. The van der Waals surface area contributed by atoms with E-state index in [4.69, 9.17) is 5.73 Å². The number of alkyl halides is 3. The minimum absolute atomic E-state index is 0.238. The maximum Gasteiger partial charge on any atom is 0.422 e. The van der Waals surface area contributed by atoms with Gasteiger partial charge in [0.05, 0.1) is 5.69 Å². The van der Waals surface area contributed by atoms with E-state index in [-0.39, 0.29) is 17.5 Å². The van der Waals surface area contributed by atoms with E-state index in [0.717, 1.165) is 0 Å². The third kappa shape index (κ3) is 3.37. The summed E-state index contributed by atoms with van der Waals surface area (Å²) >= 11 is 0. The summed E-state index contributed by atoms with van der Waals surface area (Å²) in [4.78, 5) is 7.64. The average Bonchev–Trinajstić information content (AvgIpc) is 2.52. The number of nitrogen functional groups attached to an aromatic ring is 1. The van der Waals surface area contributed by atoms with E-state index in [1.54, 1.807) is 24.3 Å². The molecule has 3 rings (SSSR count). The minimum atomic E-state index is -4.50. The fourth-order valence-electron chi connectivity index (χ4n) is 2.30. The second-order valence-corrected chi connectivity index (χ2v) is 4.99. The van der Waals surface area contributed by atoms with Gasteiger partial charge in [-0.05, 0) is 17.5 Å². The molecule has 1 heterocycles. The zero-order valence-electron chi connectivity index (χ0n) is 12.1. The summed E-state index contributed by atoms with van der Waals surface area (Å²) in [7, 11) is 0. The SMILES string of the molecule is Nc1nc(OCC(F)(F)F)cc(-c2ccc(F)c3ccccc23)n1. The molecule has 3 aromatic rings. The molecule has 0 aliphatic carbocycles. The number of hydrogen-bond acceptors (Lipinski definition) is 4. The lowest BCUT2D eigenvalue weighted by molar-refractivity contribution is -0.154. The number of ether oxygens (including phenoxy) is 1. The zero-order valence-corrected chi connectivity index (χ0v) is 12.1. The quantitative estimate of drug-likeness (QED) is 0.735. The van der Waals surface area contributed by atoms with Crippen molar-refractivity contribution in [2.24, 2.45) is 0 Å². The maximum atomic E-state index is 13.9. The normalized spacial score (nSPS) is 11.7. The molecule has 0 fully saturated rings. The van der Waals surface area contributed by atoms with Crippen LogP contribution in [0.3, 0.4) is 0 Å². The van der Waals surface area contributed by atoms with Gasteiger partial charge in [-0.2, -0.15) is 18.2 Å². The van der Waals surface area contributed by atoms with Gasteiger partial charge in [0.15, 0.2) is 6.61 Å². The summed E-state index contributed by atoms with van der Waals surface area (Å²) in [6.45, 7) is -1.49. The summed E-state index contributed by atoms with van der Waals surface area (Å²) in [5.41, 5.74) is 6.31. The Balaban J connectivity index is 2.07. The van der Waals surface area contributed by atoms with Crippen molar-refractivity contribution in [3.05, 3.63) is 48.3 Å². The molecule has 8 heteroatoms. The van der Waals surface area contributed by atoms with Crippen LogP contribution in [0, 0.1) is 5.82 Å². The Hall–Kier alpha value is -2.90. The first-order chi connectivity index (χ1) is 11.3. The van der Waals surface area contributed by atoms with Gasteiger partial charge in [-0.25, -0.2) is 9.37 Å². The number of rotatable bonds is 3. The smallest absolute Gasteiger partial charge is 0.422 e. The molecule has 0 aliphatic rings. The second-order valence-electron chi connectivity index (χ2n) is 4.99. The number of anilines is 1. The van der Waals surface area contributed by atoms with E-state index in [1.807, 2.05) is 0 Å². The highest BCUT2D eigenvalue weighted by Gasteiger charge is 2.28. The van der Waals surface area contributed by atoms with Crippen molar-refractivity contribution in [1.29, 1.82) is 0 Å². The molecule has 124 valence electrons. The summed E-state index contributed by atoms with van der Waals surface area (Å²) in [6, 6.07) is 10.7. The molecule has 0 atom stereocenters. The Morgan fingerprint density at radius 1 is 1.00 bits per heavy atom. The maximum absolute atomic E-state index is 13.9. The van der Waals surface area contributed by atoms with Gasteiger partial charge >= 0.3 is 6.18 Å². The second kappa shape index (κ2) is 5.95. The fraction of sp³-hybridized carbons (Fsp3) is 0.125. The Bertz CT molecular complexity index is 896. The first-order valence-corrected chi connectivity index (χ1v) is 6.85. The Morgan fingerprint density at radius 2 is 1.71 bits per heavy atom. The van der Waals surface area contributed by atoms with Crippen LogP contribution < -0.4 is 10.5 Å². The molecule has 0 saturated carbocycles. The Labute approximate surface area is 133 Å². The number of aromatic nitrogens is 2. The van der Waals surface area contributed by atoms with Crippen LogP contribution in [0.25, 0.3) is 22.0 Å². The lowest BCUT2D eigenvalue weighted by Gasteiger charge is -2.11. The molecule has 0 saturated heterocycles. The molecule has 2 aromatic carbocycles. The molecule has 0 bridgehead atoms. The van der Waals surface area contributed by atoms with Crippen LogP contribution in [0.4, 0.5) is 23.5 Å². The van der Waals surface area contributed by atoms with Crippen molar-refractivity contribution in [2.45, 2.75) is 6.18 Å². The van der Waals surface area contributed by atoms with Crippen molar-refractivity contribution >= 4 is 16.7 Å². The van der Waals surface area contributed by atoms with Crippen molar-refractivity contribution in [3.8, 4) is 17.1 Å². The van der Waals surface area contributed by atoms with Crippen molar-refractivity contribution in [3.63, 3.8) is 0 Å². The van der Waals surface area contributed by atoms with Gasteiger partial charge in [0.25, 0.3) is 0 Å². The van der Waals surface area contributed by atoms with Crippen LogP contribution in [0.5, 0.6) is 5.88 Å². The van der Waals surface area contributed by atoms with Gasteiger partial charge in [-0.15, -0.1) is 0 Å². The highest BCUT2D eigenvalue weighted by atomic mass is 19.4. The number of nitrogens with zero attached hydrogens (tertiary/aromatic N) is 2. The van der Waals surface area contributed by atoms with Crippen LogP contribution in [0.2, 0.25) is 0 Å². The molecule has 0 amide bonds. The van der Waals surface area contributed by atoms with E-state index in [1.165, 1.54) is 18.2 Å². The predicted molar refractivity (Wildman–Crippen MR) is 80.9 cm³/mol. The average molecular weight is 337 g/mol. The predicted octanol–water partition coefficient (Wildman–Crippen LogP) is 3.96. The third-order valence-corrected chi connectivity index (χ3v) is 3.25. The van der Waals surface area contributed by atoms with Gasteiger partial charge in [0, 0.05) is 17.0 Å². The molecule has 0 spiro atoms. The zero-order chi connectivity index (χ0) is 17.3. The van der Waals surface area contributed by atoms with Crippen LogP contribution in [0.1, 0.15) is 0 Å². The van der Waals surface area contributed by atoms with E-state index in [9.17, 15) is 17.6 Å². The Morgan fingerprint density at radius 3 is 2.42 bits per heavy atom. The number of nitrogens with two attached hydrogens (primary N) is 1. The molecule has 0 aliphatic heterocycles. The van der Waals surface area contributed by atoms with Crippen molar-refractivity contribution in [2.75, 3.05) is 12.3 Å². The largest absolute Gasteiger partial charge is 0.468 e. The van der Waals surface area contributed by atoms with Crippen LogP contribution in [-0.2, 0) is 0 Å². The van der Waals surface area contributed by atoms with E-state index < -0.39 is 18.6 Å². The minimum Gasteiger partial charge on any atom is -0.468 e.